The van der Waals surface area contributed by atoms with Crippen molar-refractivity contribution in [3.63, 3.8) is 0 Å². The van der Waals surface area contributed by atoms with Crippen LogP contribution in [0.2, 0.25) is 0 Å². The molecule has 0 spiro atoms. The van der Waals surface area contributed by atoms with Gasteiger partial charge < -0.3 is 0 Å². The van der Waals surface area contributed by atoms with E-state index in [1.807, 2.05) is 0 Å². The van der Waals surface area contributed by atoms with Crippen LogP contribution in [-0.2, 0) is 0 Å². The Balaban J connectivity index is 2.85. The largest absolute Gasteiger partial charge is 0.300 e. The average molecular weight is 153 g/mol. The van der Waals surface area contributed by atoms with E-state index < -0.39 is 0 Å². The zero-order valence-corrected chi connectivity index (χ0v) is 8.31. The maximum atomic E-state index is 2.33. The van der Waals surface area contributed by atoms with E-state index in [9.17, 15) is 0 Å². The molecule has 0 aromatic carbocycles. The molecule has 0 amide bonds. The van der Waals surface area contributed by atoms with E-state index in [1.165, 1.54) is 6.42 Å². The summed E-state index contributed by atoms with van der Waals surface area (Å²) in [4.78, 5) is 2.30. The second-order valence-electron chi connectivity index (χ2n) is 4.15. The smallest absolute Gasteiger partial charge is 0.0445 e. The quantitative estimate of drug-likeness (QED) is 0.550. The average Bonchev–Trinajstić information content (AvgIpc) is 1.99. The Morgan fingerprint density at radius 2 is 1.73 bits per heavy atom. The van der Waals surface area contributed by atoms with Gasteiger partial charge in [-0.3, -0.25) is 4.90 Å². The SMILES string of the molecule is CCC1(C)C=CC1(C)N(C)C. The van der Waals surface area contributed by atoms with E-state index in [0.29, 0.717) is 5.41 Å². The standard InChI is InChI=1S/C10H19N/c1-6-9(2)7-8-10(9,3)11(4)5/h7-8H,6H2,1-5H3. The van der Waals surface area contributed by atoms with Gasteiger partial charge in [0.1, 0.15) is 0 Å². The molecule has 0 fully saturated rings. The summed E-state index contributed by atoms with van der Waals surface area (Å²) >= 11 is 0. The molecule has 1 nitrogen and oxygen atoms in total. The minimum Gasteiger partial charge on any atom is -0.300 e. The van der Waals surface area contributed by atoms with Gasteiger partial charge in [0.15, 0.2) is 0 Å². The maximum Gasteiger partial charge on any atom is 0.0445 e. The predicted octanol–water partition coefficient (Wildman–Crippen LogP) is 2.29. The molecule has 11 heavy (non-hydrogen) atoms. The summed E-state index contributed by atoms with van der Waals surface area (Å²) in [5, 5.41) is 0. The predicted molar refractivity (Wildman–Crippen MR) is 49.6 cm³/mol. The summed E-state index contributed by atoms with van der Waals surface area (Å²) in [6, 6.07) is 0. The first kappa shape index (κ1) is 8.79. The van der Waals surface area contributed by atoms with Crippen LogP contribution in [0.4, 0.5) is 0 Å². The van der Waals surface area contributed by atoms with Crippen LogP contribution in [0.15, 0.2) is 12.2 Å². The van der Waals surface area contributed by atoms with Gasteiger partial charge in [-0.2, -0.15) is 0 Å². The van der Waals surface area contributed by atoms with E-state index in [4.69, 9.17) is 0 Å². The van der Waals surface area contributed by atoms with Crippen LogP contribution in [0.5, 0.6) is 0 Å². The molecule has 0 heterocycles. The van der Waals surface area contributed by atoms with Gasteiger partial charge in [-0.15, -0.1) is 0 Å². The first-order valence-corrected chi connectivity index (χ1v) is 4.34. The summed E-state index contributed by atoms with van der Waals surface area (Å²) in [7, 11) is 4.30. The first-order chi connectivity index (χ1) is 4.96. The highest BCUT2D eigenvalue weighted by molar-refractivity contribution is 5.29. The van der Waals surface area contributed by atoms with E-state index in [2.05, 4.69) is 51.9 Å². The van der Waals surface area contributed by atoms with Crippen molar-refractivity contribution < 1.29 is 0 Å². The van der Waals surface area contributed by atoms with Gasteiger partial charge in [0.25, 0.3) is 0 Å². The van der Waals surface area contributed by atoms with Crippen LogP contribution in [0.25, 0.3) is 0 Å². The van der Waals surface area contributed by atoms with Crippen molar-refractivity contribution in [1.82, 2.24) is 4.90 Å². The second kappa shape index (κ2) is 2.34. The molecule has 0 saturated heterocycles. The summed E-state index contributed by atoms with van der Waals surface area (Å²) in [6.45, 7) is 6.88. The molecule has 0 bridgehead atoms. The van der Waals surface area contributed by atoms with E-state index >= 15 is 0 Å². The summed E-state index contributed by atoms with van der Waals surface area (Å²) in [5.74, 6) is 0. The molecule has 1 heteroatoms. The monoisotopic (exact) mass is 153 g/mol. The van der Waals surface area contributed by atoms with E-state index in [-0.39, 0.29) is 5.54 Å². The fourth-order valence-electron chi connectivity index (χ4n) is 1.74. The first-order valence-electron chi connectivity index (χ1n) is 4.34. The number of hydrogen-bond donors (Lipinski definition) is 0. The summed E-state index contributed by atoms with van der Waals surface area (Å²) < 4.78 is 0. The zero-order valence-electron chi connectivity index (χ0n) is 8.31. The van der Waals surface area contributed by atoms with Crippen molar-refractivity contribution >= 4 is 0 Å². The Morgan fingerprint density at radius 3 is 1.82 bits per heavy atom. The molecule has 1 rings (SSSR count). The van der Waals surface area contributed by atoms with Crippen molar-refractivity contribution in [2.24, 2.45) is 5.41 Å². The molecule has 2 unspecified atom stereocenters. The number of hydrogen-bond acceptors (Lipinski definition) is 1. The van der Waals surface area contributed by atoms with Crippen LogP contribution in [0.1, 0.15) is 27.2 Å². The molecule has 64 valence electrons. The van der Waals surface area contributed by atoms with Crippen LogP contribution >= 0.6 is 0 Å². The third-order valence-corrected chi connectivity index (χ3v) is 3.60. The van der Waals surface area contributed by atoms with Crippen molar-refractivity contribution in [2.45, 2.75) is 32.7 Å². The van der Waals surface area contributed by atoms with Gasteiger partial charge in [-0.1, -0.05) is 26.0 Å². The normalized spacial score (nSPS) is 42.7. The molecule has 0 aromatic rings. The van der Waals surface area contributed by atoms with Gasteiger partial charge in [-0.25, -0.2) is 0 Å². The van der Waals surface area contributed by atoms with Crippen molar-refractivity contribution in [1.29, 1.82) is 0 Å². The van der Waals surface area contributed by atoms with Gasteiger partial charge in [-0.05, 0) is 27.4 Å². The second-order valence-corrected chi connectivity index (χ2v) is 4.15. The molecule has 0 aliphatic heterocycles. The van der Waals surface area contributed by atoms with Crippen molar-refractivity contribution in [3.8, 4) is 0 Å². The van der Waals surface area contributed by atoms with Crippen molar-refractivity contribution in [2.75, 3.05) is 14.1 Å². The fourth-order valence-corrected chi connectivity index (χ4v) is 1.74. The van der Waals surface area contributed by atoms with Gasteiger partial charge >= 0.3 is 0 Å². The Labute approximate surface area is 70.1 Å². The highest BCUT2D eigenvalue weighted by atomic mass is 15.2. The molecule has 2 atom stereocenters. The number of nitrogens with zero attached hydrogens (tertiary/aromatic N) is 1. The molecule has 1 aliphatic carbocycles. The molecule has 1 aliphatic rings. The van der Waals surface area contributed by atoms with Crippen LogP contribution in [0.3, 0.4) is 0 Å². The lowest BCUT2D eigenvalue weighted by Gasteiger charge is -2.53. The minimum atomic E-state index is 0.280. The van der Waals surface area contributed by atoms with E-state index in [1.54, 1.807) is 0 Å². The number of rotatable bonds is 2. The Bertz CT molecular complexity index is 183. The fraction of sp³-hybridized carbons (Fsp3) is 0.800. The Hall–Kier alpha value is -0.300. The molecule has 0 N–H and O–H groups in total. The third kappa shape index (κ3) is 0.943. The lowest BCUT2D eigenvalue weighted by Crippen LogP contribution is -2.56. The molecule has 0 aromatic heterocycles. The lowest BCUT2D eigenvalue weighted by molar-refractivity contribution is 0.0694. The lowest BCUT2D eigenvalue weighted by atomic mass is 9.61. The highest BCUT2D eigenvalue weighted by Gasteiger charge is 2.47. The molecular weight excluding hydrogens is 134 g/mol. The van der Waals surface area contributed by atoms with Gasteiger partial charge in [0.05, 0.1) is 0 Å². The Morgan fingerprint density at radius 1 is 1.18 bits per heavy atom. The molecule has 0 radical (unpaired) electrons. The Kier molecular flexibility index (Phi) is 1.87. The zero-order chi connectivity index (χ0) is 8.70. The summed E-state index contributed by atoms with van der Waals surface area (Å²) in [6.07, 6.45) is 5.85. The summed E-state index contributed by atoms with van der Waals surface area (Å²) in [5.41, 5.74) is 0.665. The van der Waals surface area contributed by atoms with Crippen molar-refractivity contribution in [3.05, 3.63) is 12.2 Å². The van der Waals surface area contributed by atoms with E-state index in [0.717, 1.165) is 0 Å². The third-order valence-electron chi connectivity index (χ3n) is 3.60. The number of likely N-dealkylation sites (N-methyl/N-ethyl adjacent to an activating group) is 1. The van der Waals surface area contributed by atoms with Crippen LogP contribution in [0, 0.1) is 5.41 Å². The van der Waals surface area contributed by atoms with Crippen LogP contribution < -0.4 is 0 Å². The topological polar surface area (TPSA) is 3.24 Å². The molecule has 0 saturated carbocycles. The van der Waals surface area contributed by atoms with Gasteiger partial charge in [0.2, 0.25) is 0 Å². The van der Waals surface area contributed by atoms with Gasteiger partial charge in [0, 0.05) is 11.0 Å². The maximum absolute atomic E-state index is 2.33. The van der Waals surface area contributed by atoms with Crippen LogP contribution in [-0.4, -0.2) is 24.5 Å². The highest BCUT2D eigenvalue weighted by Crippen LogP contribution is 2.47. The molecular formula is C10H19N. The minimum absolute atomic E-state index is 0.280.